The van der Waals surface area contributed by atoms with E-state index in [2.05, 4.69) is 0 Å². The fourth-order valence-electron chi connectivity index (χ4n) is 0.931. The van der Waals surface area contributed by atoms with Crippen LogP contribution in [0, 0.1) is 0 Å². The second-order valence-electron chi connectivity index (χ2n) is 2.68. The molecule has 0 aromatic rings. The molecular weight excluding hydrogens is 156 g/mol. The van der Waals surface area contributed by atoms with Gasteiger partial charge in [-0.1, -0.05) is 6.08 Å². The first-order valence-electron chi connectivity index (χ1n) is 3.96. The van der Waals surface area contributed by atoms with E-state index in [1.54, 1.807) is 0 Å². The molecule has 3 heteroatoms. The fourth-order valence-corrected chi connectivity index (χ4v) is 0.931. The Balaban J connectivity index is 2.45. The lowest BCUT2D eigenvalue weighted by Gasteiger charge is -2.12. The highest BCUT2D eigenvalue weighted by atomic mass is 16.5. The van der Waals surface area contributed by atoms with E-state index in [4.69, 9.17) is 9.84 Å². The van der Waals surface area contributed by atoms with E-state index >= 15 is 0 Å². The standard InChI is InChI=1S/C9H12O3/c1-7(9(10)11)12-8-5-3-2-4-6-8/h3,5-7H,2,4H2,1H3,(H,10,11)/t7-/m1/s1. The van der Waals surface area contributed by atoms with Gasteiger partial charge in [0.1, 0.15) is 5.76 Å². The van der Waals surface area contributed by atoms with Gasteiger partial charge in [0.25, 0.3) is 0 Å². The van der Waals surface area contributed by atoms with E-state index in [1.807, 2.05) is 18.2 Å². The van der Waals surface area contributed by atoms with Gasteiger partial charge in [0.05, 0.1) is 0 Å². The molecule has 3 nitrogen and oxygen atoms in total. The molecule has 1 rings (SSSR count). The average Bonchev–Trinajstić information content (AvgIpc) is 2.06. The van der Waals surface area contributed by atoms with Crippen molar-refractivity contribution in [3.63, 3.8) is 0 Å². The SMILES string of the molecule is C[C@@H](OC1=CCCC=C1)C(=O)O. The lowest BCUT2D eigenvalue weighted by molar-refractivity contribution is -0.146. The van der Waals surface area contributed by atoms with E-state index < -0.39 is 12.1 Å². The van der Waals surface area contributed by atoms with Crippen molar-refractivity contribution in [1.29, 1.82) is 0 Å². The van der Waals surface area contributed by atoms with Crippen LogP contribution in [0.1, 0.15) is 19.8 Å². The molecule has 1 atom stereocenters. The fraction of sp³-hybridized carbons (Fsp3) is 0.444. The zero-order chi connectivity index (χ0) is 8.97. The minimum atomic E-state index is -0.935. The van der Waals surface area contributed by atoms with Crippen LogP contribution in [0.3, 0.4) is 0 Å². The van der Waals surface area contributed by atoms with Crippen LogP contribution < -0.4 is 0 Å². The first-order chi connectivity index (χ1) is 5.70. The van der Waals surface area contributed by atoms with Crippen LogP contribution in [0.5, 0.6) is 0 Å². The maximum absolute atomic E-state index is 10.4. The minimum Gasteiger partial charge on any atom is -0.479 e. The van der Waals surface area contributed by atoms with Gasteiger partial charge >= 0.3 is 5.97 Å². The van der Waals surface area contributed by atoms with E-state index in [9.17, 15) is 4.79 Å². The van der Waals surface area contributed by atoms with Gasteiger partial charge in [-0.15, -0.1) is 0 Å². The summed E-state index contributed by atoms with van der Waals surface area (Å²) >= 11 is 0. The monoisotopic (exact) mass is 168 g/mol. The number of carbonyl (C=O) groups is 1. The molecule has 0 fully saturated rings. The first kappa shape index (κ1) is 8.84. The number of allylic oxidation sites excluding steroid dienone is 3. The Kier molecular flexibility index (Phi) is 2.91. The van der Waals surface area contributed by atoms with Crippen LogP contribution in [0.25, 0.3) is 0 Å². The molecule has 0 aromatic heterocycles. The Morgan fingerprint density at radius 1 is 1.67 bits per heavy atom. The molecule has 0 amide bonds. The molecule has 66 valence electrons. The summed E-state index contributed by atoms with van der Waals surface area (Å²) in [5.41, 5.74) is 0. The van der Waals surface area contributed by atoms with Crippen molar-refractivity contribution in [1.82, 2.24) is 0 Å². The van der Waals surface area contributed by atoms with E-state index in [0.29, 0.717) is 5.76 Å². The van der Waals surface area contributed by atoms with Gasteiger partial charge in [-0.2, -0.15) is 0 Å². The van der Waals surface area contributed by atoms with Gasteiger partial charge in [-0.05, 0) is 31.9 Å². The van der Waals surface area contributed by atoms with Gasteiger partial charge < -0.3 is 9.84 Å². The lowest BCUT2D eigenvalue weighted by atomic mass is 10.2. The van der Waals surface area contributed by atoms with Crippen LogP contribution >= 0.6 is 0 Å². The molecular formula is C9H12O3. The van der Waals surface area contributed by atoms with E-state index in [-0.39, 0.29) is 0 Å². The normalized spacial score (nSPS) is 18.2. The summed E-state index contributed by atoms with van der Waals surface area (Å²) in [4.78, 5) is 10.4. The second-order valence-corrected chi connectivity index (χ2v) is 2.68. The Morgan fingerprint density at radius 3 is 2.92 bits per heavy atom. The van der Waals surface area contributed by atoms with Gasteiger partial charge in [0.15, 0.2) is 6.10 Å². The highest BCUT2D eigenvalue weighted by Crippen LogP contribution is 2.12. The number of ether oxygens (including phenoxy) is 1. The maximum atomic E-state index is 10.4. The van der Waals surface area contributed by atoms with Gasteiger partial charge in [-0.3, -0.25) is 0 Å². The van der Waals surface area contributed by atoms with Gasteiger partial charge in [0, 0.05) is 0 Å². The third-order valence-electron chi connectivity index (χ3n) is 1.62. The quantitative estimate of drug-likeness (QED) is 0.697. The predicted octanol–water partition coefficient (Wildman–Crippen LogP) is 1.71. The van der Waals surface area contributed by atoms with Crippen molar-refractivity contribution < 1.29 is 14.6 Å². The van der Waals surface area contributed by atoms with Crippen molar-refractivity contribution >= 4 is 5.97 Å². The highest BCUT2D eigenvalue weighted by Gasteiger charge is 2.12. The number of carboxylic acids is 1. The largest absolute Gasteiger partial charge is 0.479 e. The summed E-state index contributed by atoms with van der Waals surface area (Å²) < 4.78 is 5.13. The van der Waals surface area contributed by atoms with Crippen LogP contribution in [0.2, 0.25) is 0 Å². The number of carboxylic acid groups (broad SMARTS) is 1. The Morgan fingerprint density at radius 2 is 2.42 bits per heavy atom. The summed E-state index contributed by atoms with van der Waals surface area (Å²) in [5, 5.41) is 8.54. The van der Waals surface area contributed by atoms with Crippen molar-refractivity contribution in [3.05, 3.63) is 24.0 Å². The summed E-state index contributed by atoms with van der Waals surface area (Å²) in [7, 11) is 0. The summed E-state index contributed by atoms with van der Waals surface area (Å²) in [6, 6.07) is 0. The number of hydrogen-bond acceptors (Lipinski definition) is 2. The van der Waals surface area contributed by atoms with Crippen molar-refractivity contribution in [2.24, 2.45) is 0 Å². The smallest absolute Gasteiger partial charge is 0.344 e. The third kappa shape index (κ3) is 2.42. The lowest BCUT2D eigenvalue weighted by Crippen LogP contribution is -2.19. The minimum absolute atomic E-state index is 0.663. The maximum Gasteiger partial charge on any atom is 0.344 e. The molecule has 0 bridgehead atoms. The molecule has 0 radical (unpaired) electrons. The highest BCUT2D eigenvalue weighted by molar-refractivity contribution is 5.71. The van der Waals surface area contributed by atoms with Crippen LogP contribution in [0.15, 0.2) is 24.0 Å². The van der Waals surface area contributed by atoms with Crippen molar-refractivity contribution in [2.75, 3.05) is 0 Å². The van der Waals surface area contributed by atoms with Crippen molar-refractivity contribution in [2.45, 2.75) is 25.9 Å². The molecule has 0 spiro atoms. The zero-order valence-electron chi connectivity index (χ0n) is 6.99. The van der Waals surface area contributed by atoms with Gasteiger partial charge in [0.2, 0.25) is 0 Å². The molecule has 1 aliphatic carbocycles. The second kappa shape index (κ2) is 3.95. The van der Waals surface area contributed by atoms with Gasteiger partial charge in [-0.25, -0.2) is 4.79 Å². The zero-order valence-corrected chi connectivity index (χ0v) is 6.99. The Bertz CT molecular complexity index is 228. The van der Waals surface area contributed by atoms with E-state index in [0.717, 1.165) is 12.8 Å². The predicted molar refractivity (Wildman–Crippen MR) is 44.6 cm³/mol. The number of hydrogen-bond donors (Lipinski definition) is 1. The molecule has 1 aliphatic rings. The first-order valence-corrected chi connectivity index (χ1v) is 3.96. The molecule has 0 unspecified atom stereocenters. The van der Waals surface area contributed by atoms with Crippen LogP contribution in [-0.4, -0.2) is 17.2 Å². The number of rotatable bonds is 3. The molecule has 0 saturated heterocycles. The molecule has 0 aromatic carbocycles. The van der Waals surface area contributed by atoms with Crippen molar-refractivity contribution in [3.8, 4) is 0 Å². The molecule has 1 N–H and O–H groups in total. The molecule has 0 saturated carbocycles. The molecule has 0 heterocycles. The Labute approximate surface area is 71.3 Å². The topological polar surface area (TPSA) is 46.5 Å². The number of aliphatic carboxylic acids is 1. The molecule has 0 aliphatic heterocycles. The summed E-state index contributed by atoms with van der Waals surface area (Å²) in [5.74, 6) is -0.272. The summed E-state index contributed by atoms with van der Waals surface area (Å²) in [6.45, 7) is 1.52. The third-order valence-corrected chi connectivity index (χ3v) is 1.62. The Hall–Kier alpha value is -1.25. The average molecular weight is 168 g/mol. The summed E-state index contributed by atoms with van der Waals surface area (Å²) in [6.07, 6.45) is 6.86. The molecule has 12 heavy (non-hydrogen) atoms. The van der Waals surface area contributed by atoms with E-state index in [1.165, 1.54) is 6.92 Å². The van der Waals surface area contributed by atoms with Crippen LogP contribution in [-0.2, 0) is 9.53 Å². The van der Waals surface area contributed by atoms with Crippen LogP contribution in [0.4, 0.5) is 0 Å².